The highest BCUT2D eigenvalue weighted by Crippen LogP contribution is 2.23. The van der Waals surface area contributed by atoms with Gasteiger partial charge in [-0.1, -0.05) is 12.1 Å². The van der Waals surface area contributed by atoms with E-state index in [0.717, 1.165) is 19.2 Å². The minimum absolute atomic E-state index is 0.0480. The first-order chi connectivity index (χ1) is 11.3. The predicted octanol–water partition coefficient (Wildman–Crippen LogP) is 2.83. The zero-order valence-electron chi connectivity index (χ0n) is 12.6. The van der Waals surface area contributed by atoms with E-state index in [4.69, 9.17) is 10.5 Å². The van der Waals surface area contributed by atoms with Gasteiger partial charge in [-0.25, -0.2) is 18.0 Å². The molecule has 0 aliphatic carbocycles. The van der Waals surface area contributed by atoms with Gasteiger partial charge in [0.15, 0.2) is 0 Å². The van der Waals surface area contributed by atoms with E-state index < -0.39 is 35.0 Å². The first-order valence-corrected chi connectivity index (χ1v) is 6.73. The van der Waals surface area contributed by atoms with Gasteiger partial charge in [-0.15, -0.1) is 0 Å². The lowest BCUT2D eigenvalue weighted by molar-refractivity contribution is 0.0828. The average Bonchev–Trinajstić information content (AvgIpc) is 2.52. The van der Waals surface area contributed by atoms with Crippen LogP contribution in [0.2, 0.25) is 0 Å². The Morgan fingerprint density at radius 1 is 1.08 bits per heavy atom. The molecule has 0 spiro atoms. The number of nitrogens with zero attached hydrogens (tertiary/aromatic N) is 1. The molecule has 0 radical (unpaired) electrons. The molecule has 0 unspecified atom stereocenters. The van der Waals surface area contributed by atoms with Crippen LogP contribution < -0.4 is 10.5 Å². The lowest BCUT2D eigenvalue weighted by Crippen LogP contribution is -2.38. The van der Waals surface area contributed by atoms with Crippen molar-refractivity contribution in [3.8, 4) is 5.75 Å². The van der Waals surface area contributed by atoms with Crippen LogP contribution in [0.4, 0.5) is 18.0 Å². The molecule has 8 heteroatoms. The molecule has 0 fully saturated rings. The first kappa shape index (κ1) is 17.3. The topological polar surface area (TPSA) is 72.6 Å². The Kier molecular flexibility index (Phi) is 5.08. The van der Waals surface area contributed by atoms with Gasteiger partial charge in [-0.3, -0.25) is 9.69 Å². The summed E-state index contributed by atoms with van der Waals surface area (Å²) in [6, 6.07) is 5.85. The summed E-state index contributed by atoms with van der Waals surface area (Å²) in [6.07, 6.45) is 0. The lowest BCUT2D eigenvalue weighted by atomic mass is 10.1. The smallest absolute Gasteiger partial charge is 0.321 e. The fraction of sp³-hybridized carbons (Fsp3) is 0.125. The van der Waals surface area contributed by atoms with Gasteiger partial charge in [0.05, 0.1) is 0 Å². The van der Waals surface area contributed by atoms with Crippen LogP contribution in [0.15, 0.2) is 36.4 Å². The van der Waals surface area contributed by atoms with Crippen molar-refractivity contribution in [2.45, 2.75) is 6.61 Å². The number of ether oxygens (including phenoxy) is 1. The highest BCUT2D eigenvalue weighted by atomic mass is 19.1. The molecule has 0 bridgehead atoms. The number of imide groups is 1. The number of carbonyl (C=O) groups is 2. The third-order valence-electron chi connectivity index (χ3n) is 3.18. The van der Waals surface area contributed by atoms with Gasteiger partial charge in [-0.05, 0) is 17.7 Å². The predicted molar refractivity (Wildman–Crippen MR) is 78.8 cm³/mol. The molecule has 2 rings (SSSR count). The summed E-state index contributed by atoms with van der Waals surface area (Å²) in [5.74, 6) is -4.17. The lowest BCUT2D eigenvalue weighted by Gasteiger charge is -2.14. The Morgan fingerprint density at radius 2 is 1.62 bits per heavy atom. The molecule has 0 saturated heterocycles. The van der Waals surface area contributed by atoms with E-state index >= 15 is 0 Å². The van der Waals surface area contributed by atoms with Gasteiger partial charge in [0, 0.05) is 19.2 Å². The zero-order valence-corrected chi connectivity index (χ0v) is 12.6. The van der Waals surface area contributed by atoms with Crippen LogP contribution in [0.3, 0.4) is 0 Å². The maximum Gasteiger partial charge on any atom is 0.321 e. The normalized spacial score (nSPS) is 10.3. The zero-order chi connectivity index (χ0) is 17.9. The number of benzene rings is 2. The molecular weight excluding hydrogens is 325 g/mol. The van der Waals surface area contributed by atoms with E-state index in [1.165, 1.54) is 24.3 Å². The number of urea groups is 1. The van der Waals surface area contributed by atoms with E-state index in [1.54, 1.807) is 0 Å². The molecule has 3 amide bonds. The Morgan fingerprint density at radius 3 is 2.12 bits per heavy atom. The molecule has 0 aliphatic heterocycles. The molecule has 0 saturated carbocycles. The van der Waals surface area contributed by atoms with Crippen molar-refractivity contribution in [2.24, 2.45) is 5.73 Å². The molecule has 2 N–H and O–H groups in total. The van der Waals surface area contributed by atoms with Crippen LogP contribution in [0.25, 0.3) is 0 Å². The number of halogens is 3. The molecule has 0 aliphatic rings. The highest BCUT2D eigenvalue weighted by Gasteiger charge is 2.24. The van der Waals surface area contributed by atoms with Crippen LogP contribution in [0.1, 0.15) is 15.9 Å². The third-order valence-corrected chi connectivity index (χ3v) is 3.18. The third kappa shape index (κ3) is 3.83. The Hall–Kier alpha value is -3.03. The van der Waals surface area contributed by atoms with Crippen molar-refractivity contribution in [1.82, 2.24) is 4.90 Å². The van der Waals surface area contributed by atoms with Crippen LogP contribution >= 0.6 is 0 Å². The Balaban J connectivity index is 2.18. The molecule has 126 valence electrons. The summed E-state index contributed by atoms with van der Waals surface area (Å²) >= 11 is 0. The van der Waals surface area contributed by atoms with Crippen LogP contribution in [-0.4, -0.2) is 23.9 Å². The molecular formula is C16H13F3N2O3. The number of hydrogen-bond donors (Lipinski definition) is 1. The van der Waals surface area contributed by atoms with Crippen molar-refractivity contribution in [3.63, 3.8) is 0 Å². The summed E-state index contributed by atoms with van der Waals surface area (Å²) in [6.45, 7) is -0.0480. The van der Waals surface area contributed by atoms with Gasteiger partial charge in [0.2, 0.25) is 0 Å². The summed E-state index contributed by atoms with van der Waals surface area (Å²) in [7, 11) is 1.00. The van der Waals surface area contributed by atoms with Crippen LogP contribution in [0.5, 0.6) is 5.75 Å². The molecule has 2 aromatic rings. The molecule has 0 aromatic heterocycles. The number of primary amides is 1. The van der Waals surface area contributed by atoms with Gasteiger partial charge in [0.25, 0.3) is 5.91 Å². The fourth-order valence-corrected chi connectivity index (χ4v) is 1.85. The van der Waals surface area contributed by atoms with Crippen LogP contribution in [-0.2, 0) is 6.61 Å². The maximum atomic E-state index is 14.0. The van der Waals surface area contributed by atoms with Gasteiger partial charge in [-0.2, -0.15) is 0 Å². The Labute approximate surface area is 135 Å². The average molecular weight is 338 g/mol. The molecule has 2 aromatic carbocycles. The van der Waals surface area contributed by atoms with E-state index in [9.17, 15) is 22.8 Å². The quantitative estimate of drug-likeness (QED) is 0.932. The van der Waals surface area contributed by atoms with E-state index in [1.807, 2.05) is 0 Å². The standard InChI is InChI=1S/C16H13F3N2O3/c1-21(16(20)23)15(22)14-12(18)6-11(7-13(14)19)24-8-9-2-4-10(17)5-3-9/h2-7H,8H2,1H3,(H2,20,23). The van der Waals surface area contributed by atoms with Crippen molar-refractivity contribution in [2.75, 3.05) is 7.05 Å². The minimum atomic E-state index is -1.21. The molecule has 24 heavy (non-hydrogen) atoms. The van der Waals surface area contributed by atoms with Crippen molar-refractivity contribution in [3.05, 3.63) is 65.0 Å². The fourth-order valence-electron chi connectivity index (χ4n) is 1.85. The first-order valence-electron chi connectivity index (χ1n) is 6.73. The monoisotopic (exact) mass is 338 g/mol. The molecule has 5 nitrogen and oxygen atoms in total. The van der Waals surface area contributed by atoms with Gasteiger partial charge in [0.1, 0.15) is 35.4 Å². The number of carbonyl (C=O) groups excluding carboxylic acids is 2. The highest BCUT2D eigenvalue weighted by molar-refractivity contribution is 6.03. The molecule has 0 atom stereocenters. The summed E-state index contributed by atoms with van der Waals surface area (Å²) < 4.78 is 46.0. The van der Waals surface area contributed by atoms with Crippen molar-refractivity contribution < 1.29 is 27.5 Å². The van der Waals surface area contributed by atoms with Crippen molar-refractivity contribution in [1.29, 1.82) is 0 Å². The van der Waals surface area contributed by atoms with Crippen LogP contribution in [0, 0.1) is 17.5 Å². The van der Waals surface area contributed by atoms with Crippen molar-refractivity contribution >= 4 is 11.9 Å². The second kappa shape index (κ2) is 7.03. The maximum absolute atomic E-state index is 14.0. The van der Waals surface area contributed by atoms with E-state index in [0.29, 0.717) is 10.5 Å². The van der Waals surface area contributed by atoms with Gasteiger partial charge < -0.3 is 10.5 Å². The van der Waals surface area contributed by atoms with E-state index in [2.05, 4.69) is 0 Å². The number of hydrogen-bond acceptors (Lipinski definition) is 3. The minimum Gasteiger partial charge on any atom is -0.489 e. The van der Waals surface area contributed by atoms with E-state index in [-0.39, 0.29) is 12.4 Å². The largest absolute Gasteiger partial charge is 0.489 e. The molecule has 0 heterocycles. The second-order valence-electron chi connectivity index (χ2n) is 4.88. The van der Waals surface area contributed by atoms with Gasteiger partial charge >= 0.3 is 6.03 Å². The number of rotatable bonds is 4. The summed E-state index contributed by atoms with van der Waals surface area (Å²) in [5, 5.41) is 0. The summed E-state index contributed by atoms with van der Waals surface area (Å²) in [5.41, 5.74) is 4.57. The summed E-state index contributed by atoms with van der Waals surface area (Å²) in [4.78, 5) is 23.1. The SMILES string of the molecule is CN(C(N)=O)C(=O)c1c(F)cc(OCc2ccc(F)cc2)cc1F. The second-order valence-corrected chi connectivity index (χ2v) is 4.88. The Bertz CT molecular complexity index is 756. The number of amides is 3. The number of nitrogens with two attached hydrogens (primary N) is 1.